The highest BCUT2D eigenvalue weighted by Crippen LogP contribution is 2.41. The maximum atomic E-state index is 12.5. The average molecular weight is 357 g/mol. The summed E-state index contributed by atoms with van der Waals surface area (Å²) in [6.07, 6.45) is 1.18. The number of aryl methyl sites for hydroxylation is 1. The molecular weight excluding hydrogens is 342 g/mol. The zero-order valence-electron chi connectivity index (χ0n) is 13.3. The number of aromatic hydroxyl groups is 2. The molecule has 3 rings (SSSR count). The third kappa shape index (κ3) is 2.94. The minimum Gasteiger partial charge on any atom is -0.506 e. The van der Waals surface area contributed by atoms with E-state index in [2.05, 4.69) is 0 Å². The minimum atomic E-state index is -1.38. The molecule has 0 amide bonds. The van der Waals surface area contributed by atoms with Gasteiger partial charge in [-0.1, -0.05) is 30.0 Å². The predicted octanol–water partition coefficient (Wildman–Crippen LogP) is 3.28. The number of benzene rings is 2. The molecule has 0 bridgehead atoms. The largest absolute Gasteiger partial charge is 0.506 e. The number of phenols is 2. The fraction of sp³-hybridized carbons (Fsp3) is 0.111. The normalized spacial score (nSPS) is 10.9. The number of hydrogen-bond acceptors (Lipinski definition) is 5. The summed E-state index contributed by atoms with van der Waals surface area (Å²) in [5, 5.41) is 30.0. The molecule has 0 aliphatic heterocycles. The number of phenolic OH excluding ortho intramolecular Hbond substituents is 2. The van der Waals surface area contributed by atoms with Crippen LogP contribution in [0.2, 0.25) is 0 Å². The van der Waals surface area contributed by atoms with Gasteiger partial charge in [-0.3, -0.25) is 4.79 Å². The van der Waals surface area contributed by atoms with Crippen LogP contribution >= 0.6 is 11.8 Å². The summed E-state index contributed by atoms with van der Waals surface area (Å²) < 4.78 is 1.44. The summed E-state index contributed by atoms with van der Waals surface area (Å²) in [7, 11) is 0. The quantitative estimate of drug-likeness (QED) is 0.620. The number of fused-ring (bicyclic) bond motifs is 1. The van der Waals surface area contributed by atoms with Crippen LogP contribution in [0.25, 0.3) is 10.9 Å². The van der Waals surface area contributed by atoms with E-state index in [-0.39, 0.29) is 27.3 Å². The van der Waals surface area contributed by atoms with Crippen molar-refractivity contribution in [2.24, 2.45) is 0 Å². The summed E-state index contributed by atoms with van der Waals surface area (Å²) in [6.45, 7) is 2.08. The molecule has 3 aromatic rings. The second kappa shape index (κ2) is 6.52. The Balaban J connectivity index is 2.33. The van der Waals surface area contributed by atoms with Gasteiger partial charge in [-0.2, -0.15) is 0 Å². The Morgan fingerprint density at radius 2 is 1.88 bits per heavy atom. The number of aromatic carboxylic acids is 1. The van der Waals surface area contributed by atoms with Crippen LogP contribution in [-0.2, 0) is 6.54 Å². The average Bonchev–Trinajstić information content (AvgIpc) is 2.59. The van der Waals surface area contributed by atoms with Crippen LogP contribution in [0, 0.1) is 0 Å². The Kier molecular flexibility index (Phi) is 4.41. The number of carboxylic acid groups (broad SMARTS) is 1. The lowest BCUT2D eigenvalue weighted by molar-refractivity contribution is 0.0695. The molecule has 25 heavy (non-hydrogen) atoms. The Morgan fingerprint density at radius 3 is 2.48 bits per heavy atom. The SMILES string of the molecule is CCn1cc(C(=O)O)c(=O)c2c(O)c(Sc3ccccc3)cc(O)c21. The first kappa shape index (κ1) is 16.9. The van der Waals surface area contributed by atoms with Crippen molar-refractivity contribution in [3.05, 3.63) is 58.4 Å². The molecule has 0 radical (unpaired) electrons. The van der Waals surface area contributed by atoms with Gasteiger partial charge in [-0.15, -0.1) is 0 Å². The smallest absolute Gasteiger partial charge is 0.341 e. The van der Waals surface area contributed by atoms with Crippen LogP contribution in [0.3, 0.4) is 0 Å². The molecule has 0 saturated heterocycles. The van der Waals surface area contributed by atoms with Crippen molar-refractivity contribution in [2.75, 3.05) is 0 Å². The van der Waals surface area contributed by atoms with Gasteiger partial charge in [0.2, 0.25) is 5.43 Å². The van der Waals surface area contributed by atoms with Gasteiger partial charge in [-0.25, -0.2) is 4.79 Å². The topological polar surface area (TPSA) is 99.8 Å². The number of nitrogens with zero attached hydrogens (tertiary/aromatic N) is 1. The van der Waals surface area contributed by atoms with Gasteiger partial charge >= 0.3 is 5.97 Å². The summed E-state index contributed by atoms with van der Waals surface area (Å²) in [5.74, 6) is -1.91. The number of carbonyl (C=O) groups is 1. The Hall–Kier alpha value is -2.93. The molecule has 0 spiro atoms. The van der Waals surface area contributed by atoms with E-state index in [1.54, 1.807) is 6.92 Å². The lowest BCUT2D eigenvalue weighted by Gasteiger charge is -2.15. The highest BCUT2D eigenvalue weighted by Gasteiger charge is 2.22. The zero-order valence-corrected chi connectivity index (χ0v) is 14.1. The van der Waals surface area contributed by atoms with Crippen LogP contribution in [-0.4, -0.2) is 25.9 Å². The molecule has 2 aromatic carbocycles. The third-order valence-corrected chi connectivity index (χ3v) is 4.84. The molecule has 3 N–H and O–H groups in total. The zero-order chi connectivity index (χ0) is 18.1. The molecule has 0 fully saturated rings. The summed E-state index contributed by atoms with van der Waals surface area (Å²) >= 11 is 1.17. The van der Waals surface area contributed by atoms with E-state index in [0.717, 1.165) is 4.90 Å². The van der Waals surface area contributed by atoms with Crippen molar-refractivity contribution in [2.45, 2.75) is 23.3 Å². The summed E-state index contributed by atoms with van der Waals surface area (Å²) in [4.78, 5) is 25.0. The lowest BCUT2D eigenvalue weighted by Crippen LogP contribution is -2.19. The standard InChI is InChI=1S/C18H15NO5S/c1-2-19-9-11(18(23)24)16(21)14-15(19)12(20)8-13(17(14)22)25-10-6-4-3-5-7-10/h3-9,20,22H,2H2,1H3,(H,23,24). The molecule has 0 unspecified atom stereocenters. The highest BCUT2D eigenvalue weighted by atomic mass is 32.2. The fourth-order valence-electron chi connectivity index (χ4n) is 2.64. The molecule has 0 atom stereocenters. The van der Waals surface area contributed by atoms with E-state index >= 15 is 0 Å². The first-order chi connectivity index (χ1) is 11.9. The minimum absolute atomic E-state index is 0.118. The maximum Gasteiger partial charge on any atom is 0.341 e. The number of rotatable bonds is 4. The van der Waals surface area contributed by atoms with E-state index in [1.807, 2.05) is 30.3 Å². The summed E-state index contributed by atoms with van der Waals surface area (Å²) in [5.41, 5.74) is -1.16. The van der Waals surface area contributed by atoms with Crippen LogP contribution in [0.15, 0.2) is 57.2 Å². The number of pyridine rings is 1. The van der Waals surface area contributed by atoms with Crippen LogP contribution < -0.4 is 5.43 Å². The Morgan fingerprint density at radius 1 is 1.20 bits per heavy atom. The van der Waals surface area contributed by atoms with Gasteiger partial charge in [0.25, 0.3) is 0 Å². The number of aromatic nitrogens is 1. The van der Waals surface area contributed by atoms with Crippen molar-refractivity contribution in [1.29, 1.82) is 0 Å². The fourth-order valence-corrected chi connectivity index (χ4v) is 3.56. The number of hydrogen-bond donors (Lipinski definition) is 3. The molecule has 6 nitrogen and oxygen atoms in total. The van der Waals surface area contributed by atoms with E-state index in [4.69, 9.17) is 0 Å². The second-order valence-corrected chi connectivity index (χ2v) is 6.46. The van der Waals surface area contributed by atoms with Crippen molar-refractivity contribution < 1.29 is 20.1 Å². The molecule has 1 aromatic heterocycles. The Bertz CT molecular complexity index is 1030. The van der Waals surface area contributed by atoms with Gasteiger partial charge in [0.05, 0.1) is 15.8 Å². The molecular formula is C18H15NO5S. The third-order valence-electron chi connectivity index (χ3n) is 3.80. The first-order valence-electron chi connectivity index (χ1n) is 7.52. The maximum absolute atomic E-state index is 12.5. The van der Waals surface area contributed by atoms with E-state index in [0.29, 0.717) is 6.54 Å². The predicted molar refractivity (Wildman–Crippen MR) is 94.7 cm³/mol. The molecule has 0 aliphatic carbocycles. The van der Waals surface area contributed by atoms with E-state index < -0.39 is 17.0 Å². The van der Waals surface area contributed by atoms with Gasteiger partial charge in [0.1, 0.15) is 17.1 Å². The number of carboxylic acids is 1. The van der Waals surface area contributed by atoms with Gasteiger partial charge in [0, 0.05) is 17.6 Å². The van der Waals surface area contributed by atoms with Gasteiger partial charge < -0.3 is 19.9 Å². The van der Waals surface area contributed by atoms with Crippen LogP contribution in [0.5, 0.6) is 11.5 Å². The molecule has 128 valence electrons. The Labute approximate surface area is 147 Å². The van der Waals surface area contributed by atoms with Crippen molar-refractivity contribution in [3.63, 3.8) is 0 Å². The first-order valence-corrected chi connectivity index (χ1v) is 8.34. The highest BCUT2D eigenvalue weighted by molar-refractivity contribution is 7.99. The monoisotopic (exact) mass is 357 g/mol. The van der Waals surface area contributed by atoms with Crippen molar-refractivity contribution in [1.82, 2.24) is 4.57 Å². The molecule has 7 heteroatoms. The second-order valence-electron chi connectivity index (χ2n) is 5.34. The molecule has 0 saturated carbocycles. The van der Waals surface area contributed by atoms with Crippen LogP contribution in [0.1, 0.15) is 17.3 Å². The van der Waals surface area contributed by atoms with Gasteiger partial charge in [-0.05, 0) is 25.1 Å². The molecule has 1 heterocycles. The summed E-state index contributed by atoms with van der Waals surface area (Å²) in [6, 6.07) is 10.5. The van der Waals surface area contributed by atoms with Gasteiger partial charge in [0.15, 0.2) is 0 Å². The van der Waals surface area contributed by atoms with Crippen LogP contribution in [0.4, 0.5) is 0 Å². The van der Waals surface area contributed by atoms with Crippen molar-refractivity contribution >= 4 is 28.6 Å². The molecule has 0 aliphatic rings. The van der Waals surface area contributed by atoms with E-state index in [1.165, 1.54) is 28.6 Å². The lowest BCUT2D eigenvalue weighted by atomic mass is 10.1. The van der Waals surface area contributed by atoms with Crippen molar-refractivity contribution in [3.8, 4) is 11.5 Å². The van der Waals surface area contributed by atoms with E-state index in [9.17, 15) is 24.9 Å².